The van der Waals surface area contributed by atoms with Crippen molar-refractivity contribution in [3.63, 3.8) is 0 Å². The van der Waals surface area contributed by atoms with Crippen LogP contribution in [-0.4, -0.2) is 16.9 Å². The minimum absolute atomic E-state index is 0.00311. The predicted octanol–water partition coefficient (Wildman–Crippen LogP) is 3.88. The number of nitrogens with two attached hydrogens (primary N) is 1. The Kier molecular flexibility index (Phi) is 5.57. The number of esters is 1. The van der Waals surface area contributed by atoms with Crippen LogP contribution in [-0.2, 0) is 11.4 Å². The maximum atomic E-state index is 11.8. The molecule has 0 aliphatic rings. The normalized spacial score (nSPS) is 10.6. The number of benzene rings is 2. The van der Waals surface area contributed by atoms with Crippen LogP contribution in [0.4, 0.5) is 0 Å². The summed E-state index contributed by atoms with van der Waals surface area (Å²) in [7, 11) is 0. The largest absolute Gasteiger partial charge is 0.489 e. The van der Waals surface area contributed by atoms with E-state index in [0.717, 1.165) is 5.56 Å². The molecule has 0 saturated heterocycles. The van der Waals surface area contributed by atoms with Crippen molar-refractivity contribution in [1.29, 1.82) is 0 Å². The number of carbonyl (C=O) groups is 2. The van der Waals surface area contributed by atoms with Gasteiger partial charge in [0, 0.05) is 17.2 Å². The van der Waals surface area contributed by atoms with Crippen LogP contribution in [0, 0.1) is 0 Å². The molecule has 3 rings (SSSR count). The molecule has 0 fully saturated rings. The Morgan fingerprint density at radius 2 is 1.85 bits per heavy atom. The molecular formula is C20H17ClN2O4. The van der Waals surface area contributed by atoms with Gasteiger partial charge in [-0.05, 0) is 23.8 Å². The van der Waals surface area contributed by atoms with Crippen LogP contribution >= 0.6 is 11.6 Å². The lowest BCUT2D eigenvalue weighted by Gasteiger charge is -2.13. The first-order valence-corrected chi connectivity index (χ1v) is 8.68. The summed E-state index contributed by atoms with van der Waals surface area (Å²) in [6, 6.07) is 14.7. The Morgan fingerprint density at radius 3 is 2.52 bits per heavy atom. The van der Waals surface area contributed by atoms with Crippen LogP contribution in [0.1, 0.15) is 29.4 Å². The molecule has 3 aromatic rings. The number of rotatable bonds is 6. The fraction of sp³-hybridized carbons (Fsp3) is 0.150. The van der Waals surface area contributed by atoms with Gasteiger partial charge in [-0.3, -0.25) is 9.59 Å². The molecule has 0 unspecified atom stereocenters. The highest BCUT2D eigenvalue weighted by atomic mass is 35.5. The van der Waals surface area contributed by atoms with Crippen molar-refractivity contribution in [1.82, 2.24) is 4.98 Å². The topological polar surface area (TPSA) is 91.5 Å². The number of aromatic nitrogens is 1. The zero-order valence-electron chi connectivity index (χ0n) is 14.6. The smallest absolute Gasteiger partial charge is 0.310 e. The number of pyridine rings is 1. The summed E-state index contributed by atoms with van der Waals surface area (Å²) in [4.78, 5) is 27.5. The van der Waals surface area contributed by atoms with Crippen molar-refractivity contribution < 1.29 is 19.1 Å². The Labute approximate surface area is 160 Å². The second-order valence-electron chi connectivity index (χ2n) is 5.75. The van der Waals surface area contributed by atoms with Gasteiger partial charge >= 0.3 is 5.97 Å². The number of halogens is 1. The maximum absolute atomic E-state index is 11.8. The molecule has 27 heavy (non-hydrogen) atoms. The molecule has 2 N–H and O–H groups in total. The molecule has 1 amide bonds. The number of ether oxygens (including phenoxy) is 2. The van der Waals surface area contributed by atoms with Gasteiger partial charge in [0.2, 0.25) is 0 Å². The Morgan fingerprint density at radius 1 is 1.11 bits per heavy atom. The lowest BCUT2D eigenvalue weighted by molar-refractivity contribution is -0.133. The predicted molar refractivity (Wildman–Crippen MR) is 102 cm³/mol. The van der Waals surface area contributed by atoms with E-state index in [1.807, 2.05) is 30.3 Å². The van der Waals surface area contributed by atoms with Crippen LogP contribution in [0.2, 0.25) is 5.15 Å². The van der Waals surface area contributed by atoms with E-state index in [2.05, 4.69) is 4.98 Å². The van der Waals surface area contributed by atoms with E-state index in [-0.39, 0.29) is 23.0 Å². The van der Waals surface area contributed by atoms with Gasteiger partial charge < -0.3 is 15.2 Å². The summed E-state index contributed by atoms with van der Waals surface area (Å²) in [6.45, 7) is 2.03. The summed E-state index contributed by atoms with van der Waals surface area (Å²) in [5.74, 6) is -0.771. The van der Waals surface area contributed by atoms with E-state index >= 15 is 0 Å². The van der Waals surface area contributed by atoms with Crippen LogP contribution in [0.3, 0.4) is 0 Å². The van der Waals surface area contributed by atoms with Crippen molar-refractivity contribution >= 4 is 34.2 Å². The minimum atomic E-state index is -0.831. The van der Waals surface area contributed by atoms with E-state index < -0.39 is 11.9 Å². The van der Waals surface area contributed by atoms with E-state index in [4.69, 9.17) is 26.8 Å². The van der Waals surface area contributed by atoms with Crippen LogP contribution in [0.25, 0.3) is 10.8 Å². The second kappa shape index (κ2) is 8.05. The van der Waals surface area contributed by atoms with Crippen molar-refractivity contribution in [2.45, 2.75) is 20.0 Å². The lowest BCUT2D eigenvalue weighted by Crippen LogP contribution is -2.17. The number of fused-ring (bicyclic) bond motifs is 1. The fourth-order valence-electron chi connectivity index (χ4n) is 2.52. The highest BCUT2D eigenvalue weighted by Crippen LogP contribution is 2.35. The zero-order valence-corrected chi connectivity index (χ0v) is 15.3. The van der Waals surface area contributed by atoms with Crippen LogP contribution in [0.5, 0.6) is 11.5 Å². The third-order valence-corrected chi connectivity index (χ3v) is 4.16. The average Bonchev–Trinajstić information content (AvgIpc) is 2.68. The molecular weight excluding hydrogens is 368 g/mol. The number of hydrogen-bond acceptors (Lipinski definition) is 5. The van der Waals surface area contributed by atoms with E-state index in [1.165, 1.54) is 0 Å². The van der Waals surface area contributed by atoms with Crippen LogP contribution in [0.15, 0.2) is 48.5 Å². The fourth-order valence-corrected chi connectivity index (χ4v) is 2.76. The van der Waals surface area contributed by atoms with Crippen molar-refractivity contribution in [3.8, 4) is 11.5 Å². The van der Waals surface area contributed by atoms with Gasteiger partial charge in [-0.25, -0.2) is 4.98 Å². The van der Waals surface area contributed by atoms with Gasteiger partial charge in [0.05, 0.1) is 0 Å². The number of hydrogen-bond donors (Lipinski definition) is 1. The van der Waals surface area contributed by atoms with Crippen LogP contribution < -0.4 is 15.2 Å². The van der Waals surface area contributed by atoms with Gasteiger partial charge in [0.15, 0.2) is 11.4 Å². The quantitative estimate of drug-likeness (QED) is 0.514. The lowest BCUT2D eigenvalue weighted by atomic mass is 10.1. The summed E-state index contributed by atoms with van der Waals surface area (Å²) < 4.78 is 11.1. The highest BCUT2D eigenvalue weighted by molar-refractivity contribution is 6.35. The van der Waals surface area contributed by atoms with Gasteiger partial charge in [-0.15, -0.1) is 0 Å². The maximum Gasteiger partial charge on any atom is 0.310 e. The first-order chi connectivity index (χ1) is 13.0. The zero-order chi connectivity index (χ0) is 19.4. The number of primary amides is 1. The third-order valence-electron chi connectivity index (χ3n) is 3.87. The molecule has 7 heteroatoms. The molecule has 2 aromatic carbocycles. The summed E-state index contributed by atoms with van der Waals surface area (Å²) in [5, 5.41) is 1.02. The first-order valence-electron chi connectivity index (χ1n) is 8.30. The number of amides is 1. The molecule has 0 aliphatic carbocycles. The van der Waals surface area contributed by atoms with Gasteiger partial charge in [0.1, 0.15) is 17.5 Å². The summed E-state index contributed by atoms with van der Waals surface area (Å²) in [5.41, 5.74) is 6.19. The molecule has 138 valence electrons. The molecule has 0 aliphatic heterocycles. The van der Waals surface area contributed by atoms with Crippen molar-refractivity contribution in [2.24, 2.45) is 5.73 Å². The van der Waals surface area contributed by atoms with Crippen molar-refractivity contribution in [2.75, 3.05) is 0 Å². The number of nitrogens with zero attached hydrogens (tertiary/aromatic N) is 1. The SMILES string of the molecule is CCC(=O)Oc1c(C(N)=O)nc(Cl)c2cc(OCc3ccccc3)ccc12. The Bertz CT molecular complexity index is 1010. The number of carbonyl (C=O) groups excluding carboxylic acids is 2. The standard InChI is InChI=1S/C20H17ClN2O4/c1-2-16(24)27-18-14-9-8-13(26-11-12-6-4-3-5-7-12)10-15(14)19(21)23-17(18)20(22)25/h3-10H,2,11H2,1H3,(H2,22,25). The van der Waals surface area contributed by atoms with Gasteiger partial charge in [0.25, 0.3) is 5.91 Å². The molecule has 0 saturated carbocycles. The Balaban J connectivity index is 2.00. The van der Waals surface area contributed by atoms with E-state index in [0.29, 0.717) is 23.1 Å². The van der Waals surface area contributed by atoms with E-state index in [1.54, 1.807) is 25.1 Å². The molecule has 0 bridgehead atoms. The van der Waals surface area contributed by atoms with Gasteiger partial charge in [-0.2, -0.15) is 0 Å². The molecule has 0 radical (unpaired) electrons. The molecule has 1 aromatic heterocycles. The summed E-state index contributed by atoms with van der Waals surface area (Å²) >= 11 is 6.22. The van der Waals surface area contributed by atoms with Crippen molar-refractivity contribution in [3.05, 3.63) is 64.9 Å². The second-order valence-corrected chi connectivity index (χ2v) is 6.11. The third kappa shape index (κ3) is 4.17. The molecule has 6 nitrogen and oxygen atoms in total. The minimum Gasteiger partial charge on any atom is -0.489 e. The molecule has 1 heterocycles. The monoisotopic (exact) mass is 384 g/mol. The average molecular weight is 385 g/mol. The summed E-state index contributed by atoms with van der Waals surface area (Å²) in [6.07, 6.45) is 0.139. The molecule has 0 atom stereocenters. The molecule has 0 spiro atoms. The Hall–Kier alpha value is -3.12. The highest BCUT2D eigenvalue weighted by Gasteiger charge is 2.21. The first kappa shape index (κ1) is 18.7. The van der Waals surface area contributed by atoms with Gasteiger partial charge in [-0.1, -0.05) is 48.9 Å². The van der Waals surface area contributed by atoms with E-state index in [9.17, 15) is 9.59 Å².